The fourth-order valence-electron chi connectivity index (χ4n) is 1.03. The zero-order valence-electron chi connectivity index (χ0n) is 8.60. The lowest BCUT2D eigenvalue weighted by Gasteiger charge is -2.16. The number of hydrogen-bond donors (Lipinski definition) is 1. The Bertz CT molecular complexity index is 329. The standard InChI is InChI=1S/C11H14ClNO/c1-7-5-4-6-10(12)11(7)14-9(3)8(2)13/h4-6,9,13H,1-3H3. The van der Waals surface area contributed by atoms with Crippen molar-refractivity contribution in [2.75, 3.05) is 0 Å². The van der Waals surface area contributed by atoms with E-state index in [9.17, 15) is 0 Å². The van der Waals surface area contributed by atoms with Gasteiger partial charge in [-0.1, -0.05) is 23.7 Å². The normalized spacial score (nSPS) is 12.3. The highest BCUT2D eigenvalue weighted by molar-refractivity contribution is 6.32. The predicted octanol–water partition coefficient (Wildman–Crippen LogP) is 3.46. The third kappa shape index (κ3) is 2.48. The molecule has 14 heavy (non-hydrogen) atoms. The van der Waals surface area contributed by atoms with Gasteiger partial charge in [0.2, 0.25) is 0 Å². The summed E-state index contributed by atoms with van der Waals surface area (Å²) >= 11 is 5.98. The molecule has 1 rings (SSSR count). The summed E-state index contributed by atoms with van der Waals surface area (Å²) in [5.74, 6) is 0.674. The van der Waals surface area contributed by atoms with Crippen molar-refractivity contribution in [2.45, 2.75) is 26.9 Å². The highest BCUT2D eigenvalue weighted by Gasteiger charge is 2.10. The Hall–Kier alpha value is -1.02. The topological polar surface area (TPSA) is 33.1 Å². The molecule has 1 unspecified atom stereocenters. The summed E-state index contributed by atoms with van der Waals surface area (Å²) in [6.07, 6.45) is -0.228. The minimum absolute atomic E-state index is 0.228. The zero-order valence-corrected chi connectivity index (χ0v) is 9.35. The van der Waals surface area contributed by atoms with Crippen LogP contribution in [0, 0.1) is 12.3 Å². The molecule has 0 aliphatic rings. The molecule has 1 aromatic carbocycles. The molecule has 0 saturated carbocycles. The van der Waals surface area contributed by atoms with Crippen molar-refractivity contribution in [3.05, 3.63) is 28.8 Å². The van der Waals surface area contributed by atoms with Crippen LogP contribution >= 0.6 is 11.6 Å². The van der Waals surface area contributed by atoms with E-state index in [2.05, 4.69) is 0 Å². The number of hydrogen-bond acceptors (Lipinski definition) is 2. The van der Waals surface area contributed by atoms with Crippen LogP contribution in [-0.2, 0) is 0 Å². The van der Waals surface area contributed by atoms with E-state index in [1.54, 1.807) is 13.0 Å². The fraction of sp³-hybridized carbons (Fsp3) is 0.364. The van der Waals surface area contributed by atoms with Crippen LogP contribution in [0.4, 0.5) is 0 Å². The SMILES string of the molecule is CC(=N)C(C)Oc1c(C)cccc1Cl. The van der Waals surface area contributed by atoms with Gasteiger partial charge in [0, 0.05) is 5.71 Å². The second kappa shape index (κ2) is 4.47. The highest BCUT2D eigenvalue weighted by atomic mass is 35.5. The molecule has 2 nitrogen and oxygen atoms in total. The van der Waals surface area contributed by atoms with E-state index in [4.69, 9.17) is 21.7 Å². The number of nitrogens with one attached hydrogen (secondary N) is 1. The number of para-hydroxylation sites is 1. The van der Waals surface area contributed by atoms with E-state index >= 15 is 0 Å². The number of benzene rings is 1. The summed E-state index contributed by atoms with van der Waals surface area (Å²) in [4.78, 5) is 0. The molecular weight excluding hydrogens is 198 g/mol. The Morgan fingerprint density at radius 3 is 2.64 bits per heavy atom. The van der Waals surface area contributed by atoms with Gasteiger partial charge in [0.05, 0.1) is 5.02 Å². The summed E-state index contributed by atoms with van der Waals surface area (Å²) in [6.45, 7) is 5.50. The molecule has 1 aromatic rings. The first-order valence-corrected chi connectivity index (χ1v) is 4.87. The minimum Gasteiger partial charge on any atom is -0.483 e. The molecule has 76 valence electrons. The van der Waals surface area contributed by atoms with Crippen molar-refractivity contribution >= 4 is 17.3 Å². The van der Waals surface area contributed by atoms with Crippen LogP contribution in [-0.4, -0.2) is 11.8 Å². The number of halogens is 1. The van der Waals surface area contributed by atoms with E-state index in [1.807, 2.05) is 26.0 Å². The molecule has 0 spiro atoms. The third-order valence-electron chi connectivity index (χ3n) is 2.07. The molecule has 0 aromatic heterocycles. The molecule has 0 fully saturated rings. The molecule has 3 heteroatoms. The molecule has 1 N–H and O–H groups in total. The molecule has 0 amide bonds. The van der Waals surface area contributed by atoms with Crippen LogP contribution in [0.1, 0.15) is 19.4 Å². The lowest BCUT2D eigenvalue weighted by atomic mass is 10.2. The lowest BCUT2D eigenvalue weighted by molar-refractivity contribution is 0.284. The van der Waals surface area contributed by atoms with Crippen molar-refractivity contribution in [2.24, 2.45) is 0 Å². The second-order valence-electron chi connectivity index (χ2n) is 3.33. The predicted molar refractivity (Wildman–Crippen MR) is 59.7 cm³/mol. The lowest BCUT2D eigenvalue weighted by Crippen LogP contribution is -2.20. The first-order valence-electron chi connectivity index (χ1n) is 4.49. The Labute approximate surface area is 89.4 Å². The Kier molecular flexibility index (Phi) is 3.53. The van der Waals surface area contributed by atoms with Crippen LogP contribution in [0.3, 0.4) is 0 Å². The summed E-state index contributed by atoms with van der Waals surface area (Å²) in [7, 11) is 0. The van der Waals surface area contributed by atoms with E-state index < -0.39 is 0 Å². The second-order valence-corrected chi connectivity index (χ2v) is 3.74. The number of ether oxygens (including phenoxy) is 1. The van der Waals surface area contributed by atoms with Crippen LogP contribution in [0.2, 0.25) is 5.02 Å². The van der Waals surface area contributed by atoms with E-state index in [-0.39, 0.29) is 6.10 Å². The summed E-state index contributed by atoms with van der Waals surface area (Å²) in [6, 6.07) is 5.61. The fourth-order valence-corrected chi connectivity index (χ4v) is 1.30. The largest absolute Gasteiger partial charge is 0.483 e. The Balaban J connectivity index is 2.91. The molecule has 0 bridgehead atoms. The number of rotatable bonds is 3. The number of aryl methyl sites for hydroxylation is 1. The Morgan fingerprint density at radius 2 is 2.14 bits per heavy atom. The van der Waals surface area contributed by atoms with Crippen LogP contribution in [0.25, 0.3) is 0 Å². The monoisotopic (exact) mass is 211 g/mol. The van der Waals surface area contributed by atoms with Gasteiger partial charge in [-0.25, -0.2) is 0 Å². The maximum absolute atomic E-state index is 7.42. The summed E-state index contributed by atoms with van der Waals surface area (Å²) in [5.41, 5.74) is 1.48. The molecule has 1 atom stereocenters. The van der Waals surface area contributed by atoms with Crippen molar-refractivity contribution in [3.8, 4) is 5.75 Å². The van der Waals surface area contributed by atoms with Gasteiger partial charge in [0.1, 0.15) is 11.9 Å². The zero-order chi connectivity index (χ0) is 10.7. The van der Waals surface area contributed by atoms with E-state index in [0.29, 0.717) is 16.5 Å². The molecule has 0 saturated heterocycles. The van der Waals surface area contributed by atoms with E-state index in [0.717, 1.165) is 5.56 Å². The molecule has 0 aliphatic heterocycles. The van der Waals surface area contributed by atoms with Gasteiger partial charge in [-0.2, -0.15) is 0 Å². The smallest absolute Gasteiger partial charge is 0.141 e. The van der Waals surface area contributed by atoms with Crippen molar-refractivity contribution < 1.29 is 4.74 Å². The molecule has 0 heterocycles. The summed E-state index contributed by atoms with van der Waals surface area (Å²) in [5, 5.41) is 8.02. The van der Waals surface area contributed by atoms with Crippen molar-refractivity contribution in [1.29, 1.82) is 5.41 Å². The van der Waals surface area contributed by atoms with Crippen molar-refractivity contribution in [3.63, 3.8) is 0 Å². The van der Waals surface area contributed by atoms with Crippen LogP contribution in [0.5, 0.6) is 5.75 Å². The molecule has 0 aliphatic carbocycles. The van der Waals surface area contributed by atoms with Gasteiger partial charge in [-0.15, -0.1) is 0 Å². The molecular formula is C11H14ClNO. The molecule has 0 radical (unpaired) electrons. The van der Waals surface area contributed by atoms with Gasteiger partial charge < -0.3 is 10.1 Å². The van der Waals surface area contributed by atoms with Gasteiger partial charge in [-0.3, -0.25) is 0 Å². The average molecular weight is 212 g/mol. The van der Waals surface area contributed by atoms with Gasteiger partial charge in [0.15, 0.2) is 0 Å². The van der Waals surface area contributed by atoms with Gasteiger partial charge >= 0.3 is 0 Å². The quantitative estimate of drug-likeness (QED) is 0.764. The minimum atomic E-state index is -0.228. The summed E-state index contributed by atoms with van der Waals surface area (Å²) < 4.78 is 5.58. The maximum Gasteiger partial charge on any atom is 0.141 e. The first-order chi connectivity index (χ1) is 6.52. The average Bonchev–Trinajstić information content (AvgIpc) is 2.11. The maximum atomic E-state index is 7.42. The van der Waals surface area contributed by atoms with Gasteiger partial charge in [0.25, 0.3) is 0 Å². The van der Waals surface area contributed by atoms with Crippen LogP contribution in [0.15, 0.2) is 18.2 Å². The Morgan fingerprint density at radius 1 is 1.50 bits per heavy atom. The highest BCUT2D eigenvalue weighted by Crippen LogP contribution is 2.28. The van der Waals surface area contributed by atoms with Crippen molar-refractivity contribution in [1.82, 2.24) is 0 Å². The third-order valence-corrected chi connectivity index (χ3v) is 2.37. The van der Waals surface area contributed by atoms with Crippen LogP contribution < -0.4 is 4.74 Å². The van der Waals surface area contributed by atoms with Gasteiger partial charge in [-0.05, 0) is 32.4 Å². The first kappa shape index (κ1) is 11.1. The van der Waals surface area contributed by atoms with E-state index in [1.165, 1.54) is 0 Å².